The van der Waals surface area contributed by atoms with Crippen molar-refractivity contribution in [3.8, 4) is 0 Å². The number of rotatable bonds is 4. The second kappa shape index (κ2) is 6.33. The molecule has 1 aromatic carbocycles. The first-order valence-electron chi connectivity index (χ1n) is 7.37. The molecule has 0 heterocycles. The van der Waals surface area contributed by atoms with Gasteiger partial charge < -0.3 is 0 Å². The van der Waals surface area contributed by atoms with Crippen LogP contribution in [0.15, 0.2) is 24.3 Å². The average molecular weight is 259 g/mol. The molecule has 19 heavy (non-hydrogen) atoms. The van der Waals surface area contributed by atoms with E-state index in [1.807, 2.05) is 31.2 Å². The topological polar surface area (TPSA) is 20.3 Å². The smallest absolute Gasteiger partial charge is 0.177 e. The molecule has 0 aliphatic heterocycles. The second-order valence-electron chi connectivity index (χ2n) is 6.08. The summed E-state index contributed by atoms with van der Waals surface area (Å²) < 4.78 is 0. The van der Waals surface area contributed by atoms with Crippen molar-refractivity contribution in [2.45, 2.75) is 45.6 Å². The Balaban J connectivity index is 1.97. The Morgan fingerprint density at radius 3 is 2.74 bits per heavy atom. The highest BCUT2D eigenvalue weighted by molar-refractivity contribution is 5.98. The first-order valence-corrected chi connectivity index (χ1v) is 7.37. The summed E-state index contributed by atoms with van der Waals surface area (Å²) in [5.41, 5.74) is 1.95. The number of hydrogen-bond acceptors (Lipinski definition) is 2. The quantitative estimate of drug-likeness (QED) is 0.769. The van der Waals surface area contributed by atoms with Gasteiger partial charge in [-0.2, -0.15) is 0 Å². The number of carbonyl (C=O) groups is 1. The molecule has 2 atom stereocenters. The van der Waals surface area contributed by atoms with Crippen LogP contribution < -0.4 is 0 Å². The Labute approximate surface area is 116 Å². The molecule has 0 saturated heterocycles. The van der Waals surface area contributed by atoms with Gasteiger partial charge in [-0.05, 0) is 38.3 Å². The van der Waals surface area contributed by atoms with Crippen LogP contribution in [0.1, 0.15) is 48.5 Å². The number of hydrogen-bond donors (Lipinski definition) is 0. The van der Waals surface area contributed by atoms with Crippen LogP contribution in [-0.4, -0.2) is 30.3 Å². The zero-order valence-electron chi connectivity index (χ0n) is 12.4. The van der Waals surface area contributed by atoms with Crippen molar-refractivity contribution in [2.24, 2.45) is 5.92 Å². The number of carbonyl (C=O) groups excluding carboxylic acids is 1. The predicted octanol–water partition coefficient (Wildman–Crippen LogP) is 3.69. The Morgan fingerprint density at radius 1 is 1.32 bits per heavy atom. The highest BCUT2D eigenvalue weighted by Gasteiger charge is 2.24. The summed E-state index contributed by atoms with van der Waals surface area (Å²) in [6, 6.07) is 8.46. The fourth-order valence-corrected chi connectivity index (χ4v) is 3.13. The van der Waals surface area contributed by atoms with Crippen LogP contribution >= 0.6 is 0 Å². The Kier molecular flexibility index (Phi) is 4.76. The molecule has 0 bridgehead atoms. The predicted molar refractivity (Wildman–Crippen MR) is 79.6 cm³/mol. The van der Waals surface area contributed by atoms with E-state index in [2.05, 4.69) is 18.9 Å². The van der Waals surface area contributed by atoms with E-state index in [0.717, 1.165) is 17.0 Å². The Bertz CT molecular complexity index is 441. The monoisotopic (exact) mass is 259 g/mol. The van der Waals surface area contributed by atoms with Gasteiger partial charge in [-0.15, -0.1) is 0 Å². The van der Waals surface area contributed by atoms with Gasteiger partial charge in [0, 0.05) is 11.6 Å². The third-order valence-corrected chi connectivity index (χ3v) is 4.37. The van der Waals surface area contributed by atoms with Crippen LogP contribution in [0, 0.1) is 12.8 Å². The van der Waals surface area contributed by atoms with Crippen molar-refractivity contribution >= 4 is 5.78 Å². The number of ketones is 1. The molecule has 1 aliphatic carbocycles. The fraction of sp³-hybridized carbons (Fsp3) is 0.588. The third kappa shape index (κ3) is 3.66. The van der Waals surface area contributed by atoms with Gasteiger partial charge in [0.2, 0.25) is 0 Å². The van der Waals surface area contributed by atoms with Gasteiger partial charge in [0.05, 0.1) is 6.54 Å². The summed E-state index contributed by atoms with van der Waals surface area (Å²) in [5.74, 6) is 1.05. The summed E-state index contributed by atoms with van der Waals surface area (Å²) in [6.45, 7) is 4.88. The van der Waals surface area contributed by atoms with Crippen molar-refractivity contribution in [1.82, 2.24) is 4.90 Å². The van der Waals surface area contributed by atoms with E-state index in [4.69, 9.17) is 0 Å². The van der Waals surface area contributed by atoms with Crippen molar-refractivity contribution < 1.29 is 4.79 Å². The number of likely N-dealkylation sites (N-methyl/N-ethyl adjacent to an activating group) is 1. The molecule has 0 N–H and O–H groups in total. The number of benzene rings is 1. The van der Waals surface area contributed by atoms with Crippen LogP contribution in [0.2, 0.25) is 0 Å². The first-order chi connectivity index (χ1) is 9.08. The molecule has 2 rings (SSSR count). The van der Waals surface area contributed by atoms with Crippen LogP contribution in [0.25, 0.3) is 0 Å². The molecule has 2 nitrogen and oxygen atoms in total. The summed E-state index contributed by atoms with van der Waals surface area (Å²) in [6.07, 6.45) is 5.12. The number of Topliss-reactive ketones (excluding diaryl/α,β-unsaturated/α-hetero) is 1. The van der Waals surface area contributed by atoms with E-state index in [-0.39, 0.29) is 5.78 Å². The molecule has 0 amide bonds. The normalized spacial score (nSPS) is 23.6. The van der Waals surface area contributed by atoms with E-state index >= 15 is 0 Å². The van der Waals surface area contributed by atoms with E-state index in [1.54, 1.807) is 0 Å². The minimum Gasteiger partial charge on any atom is -0.296 e. The Morgan fingerprint density at radius 2 is 2.05 bits per heavy atom. The average Bonchev–Trinajstić information content (AvgIpc) is 2.39. The summed E-state index contributed by atoms with van der Waals surface area (Å²) in [4.78, 5) is 14.6. The van der Waals surface area contributed by atoms with Crippen LogP contribution in [-0.2, 0) is 0 Å². The van der Waals surface area contributed by atoms with Crippen molar-refractivity contribution in [3.63, 3.8) is 0 Å². The molecule has 0 radical (unpaired) electrons. The van der Waals surface area contributed by atoms with Gasteiger partial charge in [-0.1, -0.05) is 44.0 Å². The Hall–Kier alpha value is -1.15. The molecular weight excluding hydrogens is 234 g/mol. The molecule has 2 unspecified atom stereocenters. The van der Waals surface area contributed by atoms with Gasteiger partial charge >= 0.3 is 0 Å². The first kappa shape index (κ1) is 14.3. The maximum atomic E-state index is 12.4. The number of aryl methyl sites for hydroxylation is 1. The molecule has 2 heteroatoms. The highest BCUT2D eigenvalue weighted by Crippen LogP contribution is 2.26. The second-order valence-corrected chi connectivity index (χ2v) is 6.08. The van der Waals surface area contributed by atoms with Crippen LogP contribution in [0.4, 0.5) is 0 Å². The van der Waals surface area contributed by atoms with Crippen molar-refractivity contribution in [3.05, 3.63) is 35.4 Å². The molecule has 1 fully saturated rings. The van der Waals surface area contributed by atoms with E-state index in [0.29, 0.717) is 12.6 Å². The molecule has 1 aliphatic rings. The van der Waals surface area contributed by atoms with Crippen LogP contribution in [0.5, 0.6) is 0 Å². The molecular formula is C17H25NO. The molecule has 104 valence electrons. The highest BCUT2D eigenvalue weighted by atomic mass is 16.1. The SMILES string of the molecule is Cc1ccccc1C(=O)CN(C)C1CCCC(C)C1. The van der Waals surface area contributed by atoms with Gasteiger partial charge in [0.1, 0.15) is 0 Å². The molecule has 0 spiro atoms. The minimum atomic E-state index is 0.249. The zero-order valence-corrected chi connectivity index (χ0v) is 12.4. The summed E-state index contributed by atoms with van der Waals surface area (Å²) in [5, 5.41) is 0. The lowest BCUT2D eigenvalue weighted by Gasteiger charge is -2.33. The lowest BCUT2D eigenvalue weighted by Crippen LogP contribution is -2.38. The van der Waals surface area contributed by atoms with E-state index in [9.17, 15) is 4.79 Å². The van der Waals surface area contributed by atoms with Gasteiger partial charge in [-0.3, -0.25) is 9.69 Å². The number of nitrogens with zero attached hydrogens (tertiary/aromatic N) is 1. The standard InChI is InChI=1S/C17H25NO/c1-13-7-6-9-15(11-13)18(3)12-17(19)16-10-5-4-8-14(16)2/h4-5,8,10,13,15H,6-7,9,11-12H2,1-3H3. The zero-order chi connectivity index (χ0) is 13.8. The minimum absolute atomic E-state index is 0.249. The van der Waals surface area contributed by atoms with Gasteiger partial charge in [-0.25, -0.2) is 0 Å². The maximum Gasteiger partial charge on any atom is 0.177 e. The van der Waals surface area contributed by atoms with Gasteiger partial charge in [0.15, 0.2) is 5.78 Å². The van der Waals surface area contributed by atoms with Crippen LogP contribution in [0.3, 0.4) is 0 Å². The van der Waals surface area contributed by atoms with E-state index in [1.165, 1.54) is 25.7 Å². The maximum absolute atomic E-state index is 12.4. The summed E-state index contributed by atoms with van der Waals surface area (Å²) in [7, 11) is 2.10. The lowest BCUT2D eigenvalue weighted by molar-refractivity contribution is 0.0882. The van der Waals surface area contributed by atoms with E-state index < -0.39 is 0 Å². The molecule has 1 aromatic rings. The lowest BCUT2D eigenvalue weighted by atomic mass is 9.86. The fourth-order valence-electron chi connectivity index (χ4n) is 3.13. The van der Waals surface area contributed by atoms with Gasteiger partial charge in [0.25, 0.3) is 0 Å². The largest absolute Gasteiger partial charge is 0.296 e. The molecule has 1 saturated carbocycles. The third-order valence-electron chi connectivity index (χ3n) is 4.37. The van der Waals surface area contributed by atoms with Crippen molar-refractivity contribution in [1.29, 1.82) is 0 Å². The van der Waals surface area contributed by atoms with Crippen molar-refractivity contribution in [2.75, 3.05) is 13.6 Å². The molecule has 0 aromatic heterocycles. The summed E-state index contributed by atoms with van der Waals surface area (Å²) >= 11 is 0.